The molecule has 0 aliphatic carbocycles. The molecule has 2 rings (SSSR count). The molecule has 0 spiro atoms. The van der Waals surface area contributed by atoms with Gasteiger partial charge in [0.25, 0.3) is 0 Å². The minimum Gasteiger partial charge on any atom is -0.490 e. The van der Waals surface area contributed by atoms with Crippen LogP contribution in [0.25, 0.3) is 0 Å². The monoisotopic (exact) mass is 281 g/mol. The highest BCUT2D eigenvalue weighted by Crippen LogP contribution is 2.31. The van der Waals surface area contributed by atoms with Crippen LogP contribution in [0.5, 0.6) is 11.5 Å². The van der Waals surface area contributed by atoms with Crippen LogP contribution in [0.1, 0.15) is 17.3 Å². The Balaban J connectivity index is 2.14. The summed E-state index contributed by atoms with van der Waals surface area (Å²) in [4.78, 5) is 22.1. The predicted octanol–water partition coefficient (Wildman–Crippen LogP) is 1.27. The van der Waals surface area contributed by atoms with Crippen molar-refractivity contribution < 1.29 is 28.9 Å². The van der Waals surface area contributed by atoms with E-state index in [-0.39, 0.29) is 17.9 Å². The molecule has 1 fully saturated rings. The third-order valence-electron chi connectivity index (χ3n) is 2.67. The number of carboxylic acids is 1. The fraction of sp³-hybridized carbons (Fsp3) is 0.385. The molecule has 1 aromatic rings. The molecule has 1 aliphatic heterocycles. The van der Waals surface area contributed by atoms with Crippen molar-refractivity contribution in [3.8, 4) is 11.5 Å². The number of rotatable bonds is 6. The Morgan fingerprint density at radius 2 is 2.30 bits per heavy atom. The Morgan fingerprint density at radius 3 is 2.90 bits per heavy atom. The minimum absolute atomic E-state index is 0.00762. The number of alkyl carbamates (subject to hydrolysis) is 1. The van der Waals surface area contributed by atoms with E-state index >= 15 is 0 Å². The van der Waals surface area contributed by atoms with Crippen LogP contribution in [-0.2, 0) is 4.74 Å². The van der Waals surface area contributed by atoms with E-state index in [1.807, 2.05) is 0 Å². The number of amides is 1. The normalized spacial score (nSPS) is 17.2. The standard InChI is InChI=1S/C13H15NO6/c1-2-18-10-5-3-4-9(12(15)16)11(10)19-7-8-6-14-13(17)20-8/h3-5,8H,2,6-7H2,1H3,(H,14,17)(H,15,16). The van der Waals surface area contributed by atoms with E-state index in [1.54, 1.807) is 19.1 Å². The van der Waals surface area contributed by atoms with Gasteiger partial charge in [0, 0.05) is 0 Å². The predicted molar refractivity (Wildman–Crippen MR) is 68.3 cm³/mol. The Kier molecular flexibility index (Phi) is 4.29. The van der Waals surface area contributed by atoms with E-state index in [0.717, 1.165) is 0 Å². The van der Waals surface area contributed by atoms with Gasteiger partial charge in [0.05, 0.1) is 13.2 Å². The molecule has 1 unspecified atom stereocenters. The van der Waals surface area contributed by atoms with Crippen LogP contribution in [0.3, 0.4) is 0 Å². The second-order valence-electron chi connectivity index (χ2n) is 4.09. The molecule has 2 N–H and O–H groups in total. The van der Waals surface area contributed by atoms with Gasteiger partial charge in [0.2, 0.25) is 0 Å². The summed E-state index contributed by atoms with van der Waals surface area (Å²) < 4.78 is 15.8. The molecule has 0 bridgehead atoms. The number of hydrogen-bond acceptors (Lipinski definition) is 5. The molecule has 7 heteroatoms. The van der Waals surface area contributed by atoms with Crippen LogP contribution in [0.2, 0.25) is 0 Å². The molecular formula is C13H15NO6. The smallest absolute Gasteiger partial charge is 0.407 e. The molecule has 7 nitrogen and oxygen atoms in total. The Hall–Kier alpha value is -2.44. The van der Waals surface area contributed by atoms with Gasteiger partial charge in [-0.1, -0.05) is 6.07 Å². The lowest BCUT2D eigenvalue weighted by Crippen LogP contribution is -2.22. The number of cyclic esters (lactones) is 1. The van der Waals surface area contributed by atoms with Gasteiger partial charge >= 0.3 is 12.1 Å². The first-order valence-electron chi connectivity index (χ1n) is 6.18. The fourth-order valence-corrected chi connectivity index (χ4v) is 1.80. The van der Waals surface area contributed by atoms with E-state index < -0.39 is 18.2 Å². The zero-order valence-electron chi connectivity index (χ0n) is 10.9. The number of para-hydroxylation sites is 1. The average molecular weight is 281 g/mol. The molecule has 0 aromatic heterocycles. The molecule has 20 heavy (non-hydrogen) atoms. The second-order valence-corrected chi connectivity index (χ2v) is 4.09. The maximum atomic E-state index is 11.2. The van der Waals surface area contributed by atoms with Crippen molar-refractivity contribution in [2.24, 2.45) is 0 Å². The lowest BCUT2D eigenvalue weighted by Gasteiger charge is -2.15. The number of carboxylic acid groups (broad SMARTS) is 1. The van der Waals surface area contributed by atoms with Crippen molar-refractivity contribution in [2.75, 3.05) is 19.8 Å². The summed E-state index contributed by atoms with van der Waals surface area (Å²) in [5.74, 6) is -0.613. The van der Waals surface area contributed by atoms with E-state index in [1.165, 1.54) is 6.07 Å². The van der Waals surface area contributed by atoms with E-state index in [9.17, 15) is 9.59 Å². The van der Waals surface area contributed by atoms with Gasteiger partial charge in [-0.15, -0.1) is 0 Å². The van der Waals surface area contributed by atoms with Gasteiger partial charge in [0.15, 0.2) is 17.6 Å². The van der Waals surface area contributed by atoms with Crippen molar-refractivity contribution in [3.05, 3.63) is 23.8 Å². The van der Waals surface area contributed by atoms with Crippen LogP contribution in [0.15, 0.2) is 18.2 Å². The molecule has 1 saturated heterocycles. The van der Waals surface area contributed by atoms with Crippen LogP contribution >= 0.6 is 0 Å². The molecular weight excluding hydrogens is 266 g/mol. The number of nitrogens with one attached hydrogen (secondary N) is 1. The largest absolute Gasteiger partial charge is 0.490 e. The maximum absolute atomic E-state index is 11.2. The Bertz CT molecular complexity index is 516. The average Bonchev–Trinajstić information content (AvgIpc) is 2.83. The minimum atomic E-state index is -1.11. The van der Waals surface area contributed by atoms with Gasteiger partial charge in [-0.2, -0.15) is 0 Å². The highest BCUT2D eigenvalue weighted by atomic mass is 16.6. The highest BCUT2D eigenvalue weighted by Gasteiger charge is 2.25. The molecule has 0 saturated carbocycles. The summed E-state index contributed by atoms with van der Waals surface area (Å²) in [5, 5.41) is 11.7. The fourth-order valence-electron chi connectivity index (χ4n) is 1.80. The first-order valence-corrected chi connectivity index (χ1v) is 6.18. The van der Waals surface area contributed by atoms with Crippen molar-refractivity contribution in [1.29, 1.82) is 0 Å². The summed E-state index contributed by atoms with van der Waals surface area (Å²) >= 11 is 0. The summed E-state index contributed by atoms with van der Waals surface area (Å²) in [6.07, 6.45) is -0.950. The number of carbonyl (C=O) groups is 2. The van der Waals surface area contributed by atoms with Crippen LogP contribution in [-0.4, -0.2) is 43.0 Å². The lowest BCUT2D eigenvalue weighted by molar-refractivity contribution is 0.0682. The zero-order valence-corrected chi connectivity index (χ0v) is 10.9. The van der Waals surface area contributed by atoms with Crippen molar-refractivity contribution in [1.82, 2.24) is 5.32 Å². The summed E-state index contributed by atoms with van der Waals surface area (Å²) in [6.45, 7) is 2.57. The first kappa shape index (κ1) is 14.0. The SMILES string of the molecule is CCOc1cccc(C(=O)O)c1OCC1CNC(=O)O1. The van der Waals surface area contributed by atoms with Crippen LogP contribution in [0, 0.1) is 0 Å². The lowest BCUT2D eigenvalue weighted by atomic mass is 10.2. The van der Waals surface area contributed by atoms with Gasteiger partial charge < -0.3 is 24.6 Å². The van der Waals surface area contributed by atoms with Gasteiger partial charge in [0.1, 0.15) is 12.2 Å². The first-order chi connectivity index (χ1) is 9.61. The number of aromatic carboxylic acids is 1. The van der Waals surface area contributed by atoms with Crippen molar-refractivity contribution >= 4 is 12.1 Å². The Morgan fingerprint density at radius 1 is 1.50 bits per heavy atom. The third kappa shape index (κ3) is 3.11. The molecule has 1 amide bonds. The number of benzene rings is 1. The molecule has 1 heterocycles. The van der Waals surface area contributed by atoms with Gasteiger partial charge in [-0.25, -0.2) is 9.59 Å². The van der Waals surface area contributed by atoms with Crippen molar-refractivity contribution in [2.45, 2.75) is 13.0 Å². The Labute approximate surface area is 115 Å². The van der Waals surface area contributed by atoms with E-state index in [0.29, 0.717) is 18.9 Å². The van der Waals surface area contributed by atoms with Crippen LogP contribution in [0.4, 0.5) is 4.79 Å². The third-order valence-corrected chi connectivity index (χ3v) is 2.67. The van der Waals surface area contributed by atoms with E-state index in [4.69, 9.17) is 19.3 Å². The highest BCUT2D eigenvalue weighted by molar-refractivity contribution is 5.92. The summed E-state index contributed by atoms with van der Waals surface area (Å²) in [6, 6.07) is 4.64. The summed E-state index contributed by atoms with van der Waals surface area (Å²) in [7, 11) is 0. The van der Waals surface area contributed by atoms with E-state index in [2.05, 4.69) is 5.32 Å². The molecule has 1 aliphatic rings. The van der Waals surface area contributed by atoms with Gasteiger partial charge in [-0.3, -0.25) is 0 Å². The van der Waals surface area contributed by atoms with Crippen molar-refractivity contribution in [3.63, 3.8) is 0 Å². The molecule has 1 atom stereocenters. The maximum Gasteiger partial charge on any atom is 0.407 e. The number of hydrogen-bond donors (Lipinski definition) is 2. The number of ether oxygens (including phenoxy) is 3. The quantitative estimate of drug-likeness (QED) is 0.815. The molecule has 0 radical (unpaired) electrons. The second kappa shape index (κ2) is 6.14. The topological polar surface area (TPSA) is 94.1 Å². The van der Waals surface area contributed by atoms with Crippen LogP contribution < -0.4 is 14.8 Å². The van der Waals surface area contributed by atoms with Gasteiger partial charge in [-0.05, 0) is 19.1 Å². The summed E-state index contributed by atoms with van der Waals surface area (Å²) in [5.41, 5.74) is 0.00762. The molecule has 1 aromatic carbocycles. The number of carbonyl (C=O) groups excluding carboxylic acids is 1. The zero-order chi connectivity index (χ0) is 14.5. The molecule has 108 valence electrons.